The standard InChI is InChI=1S/C14H17N5O/c1-11-3-2-6-18(8-11)14(20)12-4-5-13(15-7-12)19-9-16-17-10-19/h4-5,7,9-11H,2-3,6,8H2,1H3. The van der Waals surface area contributed by atoms with Crippen molar-refractivity contribution in [3.63, 3.8) is 0 Å². The Labute approximate surface area is 117 Å². The second-order valence-electron chi connectivity index (χ2n) is 5.27. The number of rotatable bonds is 2. The van der Waals surface area contributed by atoms with Gasteiger partial charge < -0.3 is 4.90 Å². The average molecular weight is 271 g/mol. The molecular weight excluding hydrogens is 254 g/mol. The van der Waals surface area contributed by atoms with E-state index < -0.39 is 0 Å². The highest BCUT2D eigenvalue weighted by atomic mass is 16.2. The maximum absolute atomic E-state index is 12.4. The average Bonchev–Trinajstić information content (AvgIpc) is 3.01. The summed E-state index contributed by atoms with van der Waals surface area (Å²) in [6.45, 7) is 3.87. The summed E-state index contributed by atoms with van der Waals surface area (Å²) in [5.41, 5.74) is 0.635. The van der Waals surface area contributed by atoms with E-state index in [2.05, 4.69) is 22.1 Å². The molecule has 3 heterocycles. The molecule has 0 aliphatic carbocycles. The summed E-state index contributed by atoms with van der Waals surface area (Å²) in [6.07, 6.45) is 7.07. The molecule has 2 aromatic heterocycles. The zero-order valence-electron chi connectivity index (χ0n) is 11.4. The molecule has 6 nitrogen and oxygen atoms in total. The second kappa shape index (κ2) is 5.40. The van der Waals surface area contributed by atoms with Gasteiger partial charge in [0.05, 0.1) is 5.56 Å². The molecule has 1 saturated heterocycles. The summed E-state index contributed by atoms with van der Waals surface area (Å²) < 4.78 is 1.71. The van der Waals surface area contributed by atoms with Gasteiger partial charge in [0.2, 0.25) is 0 Å². The molecular formula is C14H17N5O. The number of hydrogen-bond acceptors (Lipinski definition) is 4. The molecule has 0 aromatic carbocycles. The molecule has 1 aliphatic heterocycles. The number of carbonyl (C=O) groups excluding carboxylic acids is 1. The van der Waals surface area contributed by atoms with Gasteiger partial charge in [-0.1, -0.05) is 6.92 Å². The summed E-state index contributed by atoms with van der Waals surface area (Å²) in [4.78, 5) is 18.6. The number of aromatic nitrogens is 4. The molecule has 0 saturated carbocycles. The number of likely N-dealkylation sites (tertiary alicyclic amines) is 1. The van der Waals surface area contributed by atoms with Crippen LogP contribution >= 0.6 is 0 Å². The van der Waals surface area contributed by atoms with Crippen LogP contribution in [0.25, 0.3) is 5.82 Å². The van der Waals surface area contributed by atoms with Gasteiger partial charge in [-0.3, -0.25) is 9.36 Å². The van der Waals surface area contributed by atoms with Crippen LogP contribution in [0.2, 0.25) is 0 Å². The fourth-order valence-corrected chi connectivity index (χ4v) is 2.54. The number of hydrogen-bond donors (Lipinski definition) is 0. The molecule has 1 aliphatic rings. The first kappa shape index (κ1) is 12.8. The van der Waals surface area contributed by atoms with E-state index in [1.54, 1.807) is 23.4 Å². The van der Waals surface area contributed by atoms with Crippen molar-refractivity contribution in [2.75, 3.05) is 13.1 Å². The maximum atomic E-state index is 12.4. The minimum absolute atomic E-state index is 0.0688. The van der Waals surface area contributed by atoms with Gasteiger partial charge in [-0.05, 0) is 30.9 Å². The lowest BCUT2D eigenvalue weighted by atomic mass is 10.00. The normalized spacial score (nSPS) is 19.1. The van der Waals surface area contributed by atoms with Crippen LogP contribution in [0.1, 0.15) is 30.1 Å². The van der Waals surface area contributed by atoms with E-state index in [4.69, 9.17) is 0 Å². The Bertz CT molecular complexity index is 578. The predicted molar refractivity (Wildman–Crippen MR) is 73.5 cm³/mol. The summed E-state index contributed by atoms with van der Waals surface area (Å²) in [5.74, 6) is 1.36. The van der Waals surface area contributed by atoms with Crippen molar-refractivity contribution < 1.29 is 4.79 Å². The molecule has 0 radical (unpaired) electrons. The molecule has 104 valence electrons. The van der Waals surface area contributed by atoms with Crippen molar-refractivity contribution in [3.8, 4) is 5.82 Å². The van der Waals surface area contributed by atoms with Gasteiger partial charge in [0, 0.05) is 19.3 Å². The van der Waals surface area contributed by atoms with Crippen LogP contribution in [0, 0.1) is 5.92 Å². The number of pyridine rings is 1. The molecule has 3 rings (SSSR count). The van der Waals surface area contributed by atoms with Crippen LogP contribution in [-0.4, -0.2) is 43.6 Å². The van der Waals surface area contributed by atoms with Crippen molar-refractivity contribution in [2.45, 2.75) is 19.8 Å². The maximum Gasteiger partial charge on any atom is 0.255 e. The van der Waals surface area contributed by atoms with Crippen LogP contribution in [0.3, 0.4) is 0 Å². The van der Waals surface area contributed by atoms with Crippen molar-refractivity contribution in [1.82, 2.24) is 24.6 Å². The minimum Gasteiger partial charge on any atom is -0.338 e. The highest BCUT2D eigenvalue weighted by molar-refractivity contribution is 5.94. The zero-order valence-corrected chi connectivity index (χ0v) is 11.4. The van der Waals surface area contributed by atoms with E-state index in [0.717, 1.165) is 19.5 Å². The number of nitrogens with zero attached hydrogens (tertiary/aromatic N) is 5. The van der Waals surface area contributed by atoms with Gasteiger partial charge in [-0.2, -0.15) is 0 Å². The third-order valence-electron chi connectivity index (χ3n) is 3.62. The van der Waals surface area contributed by atoms with E-state index in [0.29, 0.717) is 17.3 Å². The monoisotopic (exact) mass is 271 g/mol. The van der Waals surface area contributed by atoms with Gasteiger partial charge in [-0.15, -0.1) is 10.2 Å². The minimum atomic E-state index is 0.0688. The Morgan fingerprint density at radius 3 is 2.75 bits per heavy atom. The Morgan fingerprint density at radius 1 is 1.30 bits per heavy atom. The first-order chi connectivity index (χ1) is 9.74. The topological polar surface area (TPSA) is 63.9 Å². The molecule has 0 N–H and O–H groups in total. The third kappa shape index (κ3) is 2.54. The highest BCUT2D eigenvalue weighted by Gasteiger charge is 2.22. The fraction of sp³-hybridized carbons (Fsp3) is 0.429. The molecule has 1 amide bonds. The van der Waals surface area contributed by atoms with Crippen molar-refractivity contribution in [2.24, 2.45) is 5.92 Å². The first-order valence-electron chi connectivity index (χ1n) is 6.84. The smallest absolute Gasteiger partial charge is 0.255 e. The van der Waals surface area contributed by atoms with E-state index in [1.165, 1.54) is 6.42 Å². The van der Waals surface area contributed by atoms with E-state index >= 15 is 0 Å². The van der Waals surface area contributed by atoms with Gasteiger partial charge in [0.25, 0.3) is 5.91 Å². The van der Waals surface area contributed by atoms with Crippen molar-refractivity contribution in [1.29, 1.82) is 0 Å². The summed E-state index contributed by atoms with van der Waals surface area (Å²) in [6, 6.07) is 3.62. The quantitative estimate of drug-likeness (QED) is 0.831. The third-order valence-corrected chi connectivity index (χ3v) is 3.62. The van der Waals surface area contributed by atoms with Crippen molar-refractivity contribution in [3.05, 3.63) is 36.5 Å². The summed E-state index contributed by atoms with van der Waals surface area (Å²) in [7, 11) is 0. The Morgan fingerprint density at radius 2 is 2.10 bits per heavy atom. The lowest BCUT2D eigenvalue weighted by molar-refractivity contribution is 0.0682. The van der Waals surface area contributed by atoms with Gasteiger partial charge in [0.1, 0.15) is 18.5 Å². The van der Waals surface area contributed by atoms with Crippen LogP contribution in [0.15, 0.2) is 31.0 Å². The highest BCUT2D eigenvalue weighted by Crippen LogP contribution is 2.18. The second-order valence-corrected chi connectivity index (χ2v) is 5.27. The molecule has 2 aromatic rings. The van der Waals surface area contributed by atoms with Gasteiger partial charge in [0.15, 0.2) is 0 Å². The lowest BCUT2D eigenvalue weighted by Gasteiger charge is -2.30. The molecule has 0 bridgehead atoms. The Hall–Kier alpha value is -2.24. The summed E-state index contributed by atoms with van der Waals surface area (Å²) in [5, 5.41) is 7.47. The van der Waals surface area contributed by atoms with Crippen LogP contribution < -0.4 is 0 Å². The van der Waals surface area contributed by atoms with Crippen LogP contribution in [0.4, 0.5) is 0 Å². The summed E-state index contributed by atoms with van der Waals surface area (Å²) >= 11 is 0. The fourth-order valence-electron chi connectivity index (χ4n) is 2.54. The number of piperidine rings is 1. The number of amides is 1. The first-order valence-corrected chi connectivity index (χ1v) is 6.84. The molecule has 6 heteroatoms. The molecule has 1 atom stereocenters. The molecule has 20 heavy (non-hydrogen) atoms. The van der Waals surface area contributed by atoms with E-state index in [-0.39, 0.29) is 5.91 Å². The van der Waals surface area contributed by atoms with Gasteiger partial charge >= 0.3 is 0 Å². The molecule has 1 unspecified atom stereocenters. The van der Waals surface area contributed by atoms with E-state index in [9.17, 15) is 4.79 Å². The van der Waals surface area contributed by atoms with E-state index in [1.807, 2.05) is 17.0 Å². The Kier molecular flexibility index (Phi) is 3.45. The number of carbonyl (C=O) groups is 1. The van der Waals surface area contributed by atoms with Crippen molar-refractivity contribution >= 4 is 5.91 Å². The van der Waals surface area contributed by atoms with Crippen LogP contribution in [0.5, 0.6) is 0 Å². The SMILES string of the molecule is CC1CCCN(C(=O)c2ccc(-n3cnnc3)nc2)C1. The zero-order chi connectivity index (χ0) is 13.9. The van der Waals surface area contributed by atoms with Crippen LogP contribution in [-0.2, 0) is 0 Å². The molecule has 1 fully saturated rings. The predicted octanol–water partition coefficient (Wildman–Crippen LogP) is 1.53. The Balaban J connectivity index is 1.75. The lowest BCUT2D eigenvalue weighted by Crippen LogP contribution is -2.39. The largest absolute Gasteiger partial charge is 0.338 e. The molecule has 0 spiro atoms. The van der Waals surface area contributed by atoms with Gasteiger partial charge in [-0.25, -0.2) is 4.98 Å².